The number of benzene rings is 1. The summed E-state index contributed by atoms with van der Waals surface area (Å²) in [5, 5.41) is 4.62. The highest BCUT2D eigenvalue weighted by atomic mass is 35.5. The standard InChI is InChI=1S/C27H27ClN4O5/c1-3-4-23(24(33)11-16-5-8-22(27(29)35)30-14-16)32-15-25(36-2)20(13-26(32)34)19-12-17(28)6-7-18(19)21-9-10-37-31-21/h5-8,12-15,23H,3-4,9-11H2,1-2H3,(H2,29,35). The number of hydrogen-bond acceptors (Lipinski definition) is 7. The molecule has 3 aromatic rings. The molecular weight excluding hydrogens is 496 g/mol. The number of methoxy groups -OCH3 is 1. The van der Waals surface area contributed by atoms with Gasteiger partial charge in [0.1, 0.15) is 18.1 Å². The number of halogens is 1. The fourth-order valence-corrected chi connectivity index (χ4v) is 4.53. The molecule has 37 heavy (non-hydrogen) atoms. The molecule has 2 N–H and O–H groups in total. The molecule has 2 aromatic heterocycles. The van der Waals surface area contributed by atoms with E-state index in [0.717, 1.165) is 11.3 Å². The minimum Gasteiger partial charge on any atom is -0.495 e. The largest absolute Gasteiger partial charge is 0.495 e. The summed E-state index contributed by atoms with van der Waals surface area (Å²) in [4.78, 5) is 47.2. The summed E-state index contributed by atoms with van der Waals surface area (Å²) < 4.78 is 7.09. The van der Waals surface area contributed by atoms with Crippen molar-refractivity contribution in [2.24, 2.45) is 10.9 Å². The summed E-state index contributed by atoms with van der Waals surface area (Å²) >= 11 is 6.31. The second-order valence-electron chi connectivity index (χ2n) is 8.68. The summed E-state index contributed by atoms with van der Waals surface area (Å²) in [6.45, 7) is 2.43. The molecule has 192 valence electrons. The van der Waals surface area contributed by atoms with E-state index in [1.807, 2.05) is 13.0 Å². The number of carbonyl (C=O) groups is 2. The summed E-state index contributed by atoms with van der Waals surface area (Å²) in [6, 6.07) is 9.23. The van der Waals surface area contributed by atoms with E-state index in [1.165, 1.54) is 30.0 Å². The van der Waals surface area contributed by atoms with Crippen LogP contribution in [0.3, 0.4) is 0 Å². The van der Waals surface area contributed by atoms with Crippen LogP contribution < -0.4 is 16.0 Å². The van der Waals surface area contributed by atoms with Crippen LogP contribution in [0.5, 0.6) is 5.75 Å². The Labute approximate surface area is 218 Å². The van der Waals surface area contributed by atoms with Crippen LogP contribution in [0.1, 0.15) is 53.8 Å². The zero-order valence-electron chi connectivity index (χ0n) is 20.6. The van der Waals surface area contributed by atoms with Crippen molar-refractivity contribution in [1.82, 2.24) is 9.55 Å². The van der Waals surface area contributed by atoms with Gasteiger partial charge in [-0.05, 0) is 35.7 Å². The second kappa shape index (κ2) is 11.4. The molecule has 1 aromatic carbocycles. The number of oxime groups is 1. The molecule has 0 bridgehead atoms. The Morgan fingerprint density at radius 2 is 2.00 bits per heavy atom. The van der Waals surface area contributed by atoms with Gasteiger partial charge in [0.25, 0.3) is 11.5 Å². The van der Waals surface area contributed by atoms with Crippen LogP contribution in [0.25, 0.3) is 11.1 Å². The van der Waals surface area contributed by atoms with Gasteiger partial charge < -0.3 is 19.9 Å². The summed E-state index contributed by atoms with van der Waals surface area (Å²) in [5.41, 5.74) is 8.43. The molecule has 0 saturated carbocycles. The van der Waals surface area contributed by atoms with Crippen LogP contribution in [0.4, 0.5) is 0 Å². The minimum atomic E-state index is -0.706. The molecule has 0 aliphatic carbocycles. The second-order valence-corrected chi connectivity index (χ2v) is 9.11. The molecule has 1 aliphatic heterocycles. The van der Waals surface area contributed by atoms with E-state index < -0.39 is 11.9 Å². The fraction of sp³-hybridized carbons (Fsp3) is 0.296. The minimum absolute atomic E-state index is 0.0471. The quantitative estimate of drug-likeness (QED) is 0.429. The van der Waals surface area contributed by atoms with Crippen LogP contribution in [-0.4, -0.2) is 40.7 Å². The number of rotatable bonds is 10. The first kappa shape index (κ1) is 26.1. The lowest BCUT2D eigenvalue weighted by Gasteiger charge is -2.21. The number of pyridine rings is 2. The van der Waals surface area contributed by atoms with Gasteiger partial charge in [0.2, 0.25) is 0 Å². The molecule has 0 saturated heterocycles. The molecule has 3 heterocycles. The summed E-state index contributed by atoms with van der Waals surface area (Å²) in [6.07, 6.45) is 4.85. The Kier molecular flexibility index (Phi) is 8.03. The zero-order valence-corrected chi connectivity index (χ0v) is 21.3. The Balaban J connectivity index is 1.72. The molecule has 1 unspecified atom stereocenters. The van der Waals surface area contributed by atoms with Crippen molar-refractivity contribution < 1.29 is 19.2 Å². The first-order chi connectivity index (χ1) is 17.8. The molecule has 1 amide bonds. The Bertz CT molecular complexity index is 1420. The number of primary amides is 1. The number of ketones is 1. The van der Waals surface area contributed by atoms with Crippen molar-refractivity contribution in [3.05, 3.63) is 81.0 Å². The monoisotopic (exact) mass is 522 g/mol. The van der Waals surface area contributed by atoms with E-state index >= 15 is 0 Å². The Morgan fingerprint density at radius 1 is 1.19 bits per heavy atom. The lowest BCUT2D eigenvalue weighted by molar-refractivity contribution is -0.121. The van der Waals surface area contributed by atoms with Gasteiger partial charge in [0.05, 0.1) is 25.1 Å². The number of nitrogens with two attached hydrogens (primary N) is 1. The predicted octanol–water partition coefficient (Wildman–Crippen LogP) is 3.95. The number of aromatic nitrogens is 2. The first-order valence-electron chi connectivity index (χ1n) is 11.9. The van der Waals surface area contributed by atoms with Crippen molar-refractivity contribution in [1.29, 1.82) is 0 Å². The highest BCUT2D eigenvalue weighted by Gasteiger charge is 2.25. The molecule has 0 spiro atoms. The van der Waals surface area contributed by atoms with Gasteiger partial charge in [0.15, 0.2) is 5.78 Å². The highest BCUT2D eigenvalue weighted by molar-refractivity contribution is 6.31. The predicted molar refractivity (Wildman–Crippen MR) is 140 cm³/mol. The van der Waals surface area contributed by atoms with Crippen LogP contribution in [-0.2, 0) is 16.1 Å². The van der Waals surface area contributed by atoms with Crippen molar-refractivity contribution in [2.75, 3.05) is 13.7 Å². The van der Waals surface area contributed by atoms with Crippen LogP contribution in [0.2, 0.25) is 5.02 Å². The van der Waals surface area contributed by atoms with Gasteiger partial charge in [-0.15, -0.1) is 0 Å². The smallest absolute Gasteiger partial charge is 0.267 e. The normalized spacial score (nSPS) is 13.5. The molecule has 0 fully saturated rings. The molecule has 1 aliphatic rings. The SMILES string of the molecule is CCCC(C(=O)Cc1ccc(C(N)=O)nc1)n1cc(OC)c(-c2cc(Cl)ccc2C2=NOCC2)cc1=O. The Hall–Kier alpha value is -3.98. The van der Waals surface area contributed by atoms with Gasteiger partial charge in [-0.2, -0.15) is 0 Å². The highest BCUT2D eigenvalue weighted by Crippen LogP contribution is 2.35. The van der Waals surface area contributed by atoms with E-state index in [9.17, 15) is 14.4 Å². The zero-order chi connectivity index (χ0) is 26.5. The Morgan fingerprint density at radius 3 is 2.62 bits per heavy atom. The maximum Gasteiger partial charge on any atom is 0.267 e. The van der Waals surface area contributed by atoms with Gasteiger partial charge in [-0.25, -0.2) is 0 Å². The number of carbonyl (C=O) groups excluding carboxylic acids is 2. The van der Waals surface area contributed by atoms with E-state index in [0.29, 0.717) is 53.3 Å². The molecular formula is C27H27ClN4O5. The number of ether oxygens (including phenoxy) is 1. The summed E-state index contributed by atoms with van der Waals surface area (Å²) in [7, 11) is 1.51. The van der Waals surface area contributed by atoms with Crippen LogP contribution >= 0.6 is 11.6 Å². The summed E-state index contributed by atoms with van der Waals surface area (Å²) in [5.74, 6) is -0.381. The van der Waals surface area contributed by atoms with Gasteiger partial charge in [0, 0.05) is 41.3 Å². The van der Waals surface area contributed by atoms with Crippen molar-refractivity contribution >= 4 is 29.0 Å². The lowest BCUT2D eigenvalue weighted by Crippen LogP contribution is -2.30. The van der Waals surface area contributed by atoms with Gasteiger partial charge >= 0.3 is 0 Å². The van der Waals surface area contributed by atoms with Crippen LogP contribution in [0, 0.1) is 0 Å². The molecule has 10 heteroatoms. The van der Waals surface area contributed by atoms with E-state index in [1.54, 1.807) is 24.4 Å². The third-order valence-electron chi connectivity index (χ3n) is 6.18. The van der Waals surface area contributed by atoms with Gasteiger partial charge in [-0.1, -0.05) is 42.2 Å². The maximum atomic E-state index is 13.4. The van der Waals surface area contributed by atoms with Crippen molar-refractivity contribution in [3.8, 4) is 16.9 Å². The molecule has 1 atom stereocenters. The first-order valence-corrected chi connectivity index (χ1v) is 12.3. The van der Waals surface area contributed by atoms with Gasteiger partial charge in [-0.3, -0.25) is 19.4 Å². The molecule has 9 nitrogen and oxygen atoms in total. The van der Waals surface area contributed by atoms with Crippen molar-refractivity contribution in [2.45, 2.75) is 38.6 Å². The van der Waals surface area contributed by atoms with E-state index in [-0.39, 0.29) is 23.5 Å². The average molecular weight is 523 g/mol. The third-order valence-corrected chi connectivity index (χ3v) is 6.41. The van der Waals surface area contributed by atoms with Crippen molar-refractivity contribution in [3.63, 3.8) is 0 Å². The number of amides is 1. The number of Topliss-reactive ketones (excluding diaryl/α,β-unsaturated/α-hetero) is 1. The number of hydrogen-bond donors (Lipinski definition) is 1. The lowest BCUT2D eigenvalue weighted by atomic mass is 9.95. The molecule has 4 rings (SSSR count). The average Bonchev–Trinajstić information content (AvgIpc) is 3.42. The maximum absolute atomic E-state index is 13.4. The third kappa shape index (κ3) is 5.72. The van der Waals surface area contributed by atoms with E-state index in [2.05, 4.69) is 10.1 Å². The topological polar surface area (TPSA) is 126 Å². The fourth-order valence-electron chi connectivity index (χ4n) is 4.35. The number of nitrogens with zero attached hydrogens (tertiary/aromatic N) is 3. The van der Waals surface area contributed by atoms with E-state index in [4.69, 9.17) is 26.9 Å². The molecule has 0 radical (unpaired) electrons. The van der Waals surface area contributed by atoms with Crippen LogP contribution in [0.15, 0.2) is 58.7 Å².